The number of β-amino-alcohol motifs (C(OH)–C–C–N with tert-alkyl or cyclic N) is 1. The maximum Gasteiger partial charge on any atom is 0.433 e. The highest BCUT2D eigenvalue weighted by molar-refractivity contribution is 5.86. The van der Waals surface area contributed by atoms with Crippen LogP contribution in [0.15, 0.2) is 24.3 Å². The SMILES string of the molecule is CC(=O)C1CCN(CC(O)c2cc(C(F)(F)F)nc3c(C(F)(F)F)cccc23)CC1. The second-order valence-corrected chi connectivity index (χ2v) is 7.50. The third-order valence-electron chi connectivity index (χ3n) is 5.42. The number of hydrogen-bond acceptors (Lipinski definition) is 4. The van der Waals surface area contributed by atoms with Gasteiger partial charge in [-0.2, -0.15) is 26.3 Å². The average Bonchev–Trinajstić information content (AvgIpc) is 2.65. The molecule has 1 unspecified atom stereocenters. The number of halogens is 6. The minimum atomic E-state index is -4.97. The summed E-state index contributed by atoms with van der Waals surface area (Å²) in [7, 11) is 0. The molecule has 0 bridgehead atoms. The predicted octanol–water partition coefficient (Wildman–Crippen LogP) is 4.61. The van der Waals surface area contributed by atoms with E-state index in [-0.39, 0.29) is 29.2 Å². The number of ketones is 1. The van der Waals surface area contributed by atoms with E-state index in [2.05, 4.69) is 4.98 Å². The minimum absolute atomic E-state index is 0.0583. The number of aliphatic hydroxyl groups excluding tert-OH is 1. The van der Waals surface area contributed by atoms with E-state index in [9.17, 15) is 36.2 Å². The van der Waals surface area contributed by atoms with E-state index >= 15 is 0 Å². The third-order valence-corrected chi connectivity index (χ3v) is 5.42. The van der Waals surface area contributed by atoms with E-state index < -0.39 is 35.2 Å². The van der Waals surface area contributed by atoms with Crippen LogP contribution >= 0.6 is 0 Å². The van der Waals surface area contributed by atoms with Gasteiger partial charge in [-0.15, -0.1) is 0 Å². The Labute approximate surface area is 168 Å². The van der Waals surface area contributed by atoms with Crippen LogP contribution in [0.3, 0.4) is 0 Å². The molecule has 2 heterocycles. The number of aliphatic hydroxyl groups is 1. The van der Waals surface area contributed by atoms with E-state index in [0.29, 0.717) is 38.1 Å². The van der Waals surface area contributed by atoms with Gasteiger partial charge in [-0.1, -0.05) is 12.1 Å². The summed E-state index contributed by atoms with van der Waals surface area (Å²) in [5.74, 6) is -0.0313. The third kappa shape index (κ3) is 4.75. The Bertz CT molecular complexity index is 933. The number of fused-ring (bicyclic) bond motifs is 1. The van der Waals surface area contributed by atoms with Crippen LogP contribution in [0.2, 0.25) is 0 Å². The molecular weight excluding hydrogens is 414 g/mol. The van der Waals surface area contributed by atoms with Crippen LogP contribution in [0.25, 0.3) is 10.9 Å². The monoisotopic (exact) mass is 434 g/mol. The molecule has 10 heteroatoms. The number of nitrogens with zero attached hydrogens (tertiary/aromatic N) is 2. The Kier molecular flexibility index (Phi) is 6.10. The number of rotatable bonds is 4. The van der Waals surface area contributed by atoms with Crippen LogP contribution in [-0.2, 0) is 17.1 Å². The second-order valence-electron chi connectivity index (χ2n) is 7.50. The molecule has 4 nitrogen and oxygen atoms in total. The first-order chi connectivity index (χ1) is 13.9. The summed E-state index contributed by atoms with van der Waals surface area (Å²) in [6, 6.07) is 3.57. The highest BCUT2D eigenvalue weighted by Crippen LogP contribution is 2.39. The van der Waals surface area contributed by atoms with E-state index in [1.165, 1.54) is 13.0 Å². The van der Waals surface area contributed by atoms with Gasteiger partial charge in [-0.05, 0) is 50.6 Å². The van der Waals surface area contributed by atoms with Gasteiger partial charge < -0.3 is 10.0 Å². The summed E-state index contributed by atoms with van der Waals surface area (Å²) in [6.07, 6.45) is -10.2. The lowest BCUT2D eigenvalue weighted by Crippen LogP contribution is -2.38. The first kappa shape index (κ1) is 22.5. The lowest BCUT2D eigenvalue weighted by molar-refractivity contribution is -0.142. The van der Waals surface area contributed by atoms with Crippen LogP contribution in [-0.4, -0.2) is 40.4 Å². The van der Waals surface area contributed by atoms with Crippen LogP contribution in [0.5, 0.6) is 0 Å². The summed E-state index contributed by atoms with van der Waals surface area (Å²) in [5.41, 5.74) is -3.88. The second kappa shape index (κ2) is 8.14. The molecule has 1 aliphatic rings. The van der Waals surface area contributed by atoms with Crippen molar-refractivity contribution in [1.29, 1.82) is 0 Å². The molecule has 2 aromatic rings. The minimum Gasteiger partial charge on any atom is -0.387 e. The van der Waals surface area contributed by atoms with Crippen molar-refractivity contribution in [2.75, 3.05) is 19.6 Å². The molecule has 0 amide bonds. The normalized spacial score (nSPS) is 18.0. The average molecular weight is 434 g/mol. The Morgan fingerprint density at radius 1 is 1.17 bits per heavy atom. The quantitative estimate of drug-likeness (QED) is 0.715. The van der Waals surface area contributed by atoms with E-state index in [4.69, 9.17) is 0 Å². The smallest absolute Gasteiger partial charge is 0.387 e. The van der Waals surface area contributed by atoms with Crippen molar-refractivity contribution in [2.45, 2.75) is 38.2 Å². The van der Waals surface area contributed by atoms with Crippen molar-refractivity contribution in [3.63, 3.8) is 0 Å². The lowest BCUT2D eigenvalue weighted by atomic mass is 9.92. The van der Waals surface area contributed by atoms with Gasteiger partial charge in [-0.3, -0.25) is 4.79 Å². The van der Waals surface area contributed by atoms with Gasteiger partial charge in [0.15, 0.2) is 0 Å². The van der Waals surface area contributed by atoms with Crippen molar-refractivity contribution in [1.82, 2.24) is 9.88 Å². The van der Waals surface area contributed by atoms with Crippen molar-refractivity contribution < 1.29 is 36.2 Å². The maximum absolute atomic E-state index is 13.3. The van der Waals surface area contributed by atoms with Gasteiger partial charge in [0.05, 0.1) is 17.2 Å². The number of pyridine rings is 1. The number of piperidine rings is 1. The summed E-state index contributed by atoms with van der Waals surface area (Å²) in [6.45, 7) is 2.36. The van der Waals surface area contributed by atoms with Crippen molar-refractivity contribution in [2.24, 2.45) is 5.92 Å². The fraction of sp³-hybridized carbons (Fsp3) is 0.500. The number of carbonyl (C=O) groups excluding carboxylic acids is 1. The Morgan fingerprint density at radius 2 is 1.80 bits per heavy atom. The van der Waals surface area contributed by atoms with E-state index in [0.717, 1.165) is 6.07 Å². The molecule has 0 aliphatic carbocycles. The zero-order valence-electron chi connectivity index (χ0n) is 16.0. The molecule has 1 aliphatic heterocycles. The molecular formula is C20H20F6N2O2. The fourth-order valence-electron chi connectivity index (χ4n) is 3.79. The highest BCUT2D eigenvalue weighted by atomic mass is 19.4. The summed E-state index contributed by atoms with van der Waals surface area (Å²) in [4.78, 5) is 16.5. The number of carbonyl (C=O) groups is 1. The van der Waals surface area contributed by atoms with Crippen LogP contribution in [0.4, 0.5) is 26.3 Å². The number of Topliss-reactive ketones (excluding diaryl/α,β-unsaturated/α-hetero) is 1. The Balaban J connectivity index is 1.99. The molecule has 1 atom stereocenters. The molecule has 3 rings (SSSR count). The number of likely N-dealkylation sites (tertiary alicyclic amines) is 1. The van der Waals surface area contributed by atoms with Gasteiger partial charge in [0, 0.05) is 17.8 Å². The molecule has 30 heavy (non-hydrogen) atoms. The fourth-order valence-corrected chi connectivity index (χ4v) is 3.79. The first-order valence-corrected chi connectivity index (χ1v) is 9.37. The number of para-hydroxylation sites is 1. The van der Waals surface area contributed by atoms with E-state index in [1.54, 1.807) is 4.90 Å². The Morgan fingerprint density at radius 3 is 2.33 bits per heavy atom. The molecule has 0 spiro atoms. The van der Waals surface area contributed by atoms with Crippen LogP contribution < -0.4 is 0 Å². The number of hydrogen-bond donors (Lipinski definition) is 1. The zero-order chi connectivity index (χ0) is 22.3. The molecule has 1 fully saturated rings. The van der Waals surface area contributed by atoms with Gasteiger partial charge in [-0.25, -0.2) is 4.98 Å². The van der Waals surface area contributed by atoms with E-state index in [1.807, 2.05) is 0 Å². The highest BCUT2D eigenvalue weighted by Gasteiger charge is 2.38. The van der Waals surface area contributed by atoms with Gasteiger partial charge >= 0.3 is 12.4 Å². The predicted molar refractivity (Wildman–Crippen MR) is 96.6 cm³/mol. The summed E-state index contributed by atoms with van der Waals surface area (Å²) >= 11 is 0. The maximum atomic E-state index is 13.3. The molecule has 1 saturated heterocycles. The largest absolute Gasteiger partial charge is 0.433 e. The Hall–Kier alpha value is -2.20. The summed E-state index contributed by atoms with van der Waals surface area (Å²) < 4.78 is 79.9. The molecule has 1 N–H and O–H groups in total. The standard InChI is InChI=1S/C20H20F6N2O2/c1-11(29)12-5-7-28(8-6-12)10-16(30)14-9-17(20(24,25)26)27-18-13(14)3-2-4-15(18)19(21,22)23/h2-4,9,12,16,30H,5-8,10H2,1H3. The number of aromatic nitrogens is 1. The number of alkyl halides is 6. The molecule has 1 aromatic heterocycles. The topological polar surface area (TPSA) is 53.4 Å². The molecule has 164 valence electrons. The molecule has 1 aromatic carbocycles. The van der Waals surface area contributed by atoms with Crippen molar-refractivity contribution in [3.05, 3.63) is 41.1 Å². The van der Waals surface area contributed by atoms with Crippen molar-refractivity contribution in [3.8, 4) is 0 Å². The van der Waals surface area contributed by atoms with Crippen LogP contribution in [0, 0.1) is 5.92 Å². The lowest BCUT2D eigenvalue weighted by Gasteiger charge is -2.32. The van der Waals surface area contributed by atoms with Crippen molar-refractivity contribution >= 4 is 16.7 Å². The van der Waals surface area contributed by atoms with Gasteiger partial charge in [0.2, 0.25) is 0 Å². The van der Waals surface area contributed by atoms with Crippen LogP contribution in [0.1, 0.15) is 42.7 Å². The summed E-state index contributed by atoms with van der Waals surface area (Å²) in [5, 5.41) is 10.5. The van der Waals surface area contributed by atoms with Gasteiger partial charge in [0.1, 0.15) is 11.5 Å². The first-order valence-electron chi connectivity index (χ1n) is 9.37. The number of benzene rings is 1. The molecule has 0 radical (unpaired) electrons. The molecule has 0 saturated carbocycles. The zero-order valence-corrected chi connectivity index (χ0v) is 16.0. The van der Waals surface area contributed by atoms with Gasteiger partial charge in [0.25, 0.3) is 0 Å².